The number of hydrogen-bond acceptors (Lipinski definition) is 8. The van der Waals surface area contributed by atoms with Gasteiger partial charge < -0.3 is 26.0 Å². The van der Waals surface area contributed by atoms with E-state index < -0.39 is 28.9 Å². The van der Waals surface area contributed by atoms with E-state index in [1.165, 1.54) is 31.4 Å². The van der Waals surface area contributed by atoms with Gasteiger partial charge in [-0.05, 0) is 68.6 Å². The summed E-state index contributed by atoms with van der Waals surface area (Å²) in [7, 11) is 1.40. The van der Waals surface area contributed by atoms with Crippen LogP contribution in [-0.2, 0) is 19.7 Å². The Labute approximate surface area is 255 Å². The number of primary amides is 1. The number of esters is 1. The quantitative estimate of drug-likeness (QED) is 0.151. The van der Waals surface area contributed by atoms with Gasteiger partial charge in [0.2, 0.25) is 5.91 Å². The average molecular weight is 607 g/mol. The molecule has 1 atom stereocenters. The van der Waals surface area contributed by atoms with E-state index in [4.69, 9.17) is 10.5 Å². The van der Waals surface area contributed by atoms with Crippen molar-refractivity contribution in [2.75, 3.05) is 33.3 Å². The van der Waals surface area contributed by atoms with Crippen LogP contribution in [0.4, 0.5) is 15.3 Å². The molecule has 234 valence electrons. The van der Waals surface area contributed by atoms with Crippen LogP contribution >= 0.6 is 0 Å². The van der Waals surface area contributed by atoms with Crippen molar-refractivity contribution in [3.63, 3.8) is 0 Å². The number of likely N-dealkylation sites (tertiary alicyclic amines) is 1. The maximum absolute atomic E-state index is 13.4. The maximum Gasteiger partial charge on any atom is 0.330 e. The molecule has 0 radical (unpaired) electrons. The molecule has 2 aromatic carbocycles. The number of non-ortho nitro benzene ring substituents is 1. The summed E-state index contributed by atoms with van der Waals surface area (Å²) < 4.78 is 4.99. The number of benzene rings is 2. The van der Waals surface area contributed by atoms with Gasteiger partial charge in [-0.15, -0.1) is 0 Å². The average Bonchev–Trinajstić information content (AvgIpc) is 3.03. The Morgan fingerprint density at radius 3 is 2.34 bits per heavy atom. The number of piperidine rings is 1. The Hall–Kier alpha value is -4.78. The van der Waals surface area contributed by atoms with Gasteiger partial charge >= 0.3 is 18.0 Å². The highest BCUT2D eigenvalue weighted by Gasteiger charge is 2.42. The first kappa shape index (κ1) is 32.1. The summed E-state index contributed by atoms with van der Waals surface area (Å²) in [5.74, 6) is -1.05. The Morgan fingerprint density at radius 2 is 1.77 bits per heavy atom. The van der Waals surface area contributed by atoms with Gasteiger partial charge in [0.05, 0.1) is 24.0 Å². The fourth-order valence-corrected chi connectivity index (χ4v) is 6.03. The number of nitrogens with two attached hydrogens (primary N) is 1. The number of urea groups is 2. The summed E-state index contributed by atoms with van der Waals surface area (Å²) in [6.45, 7) is 4.22. The SMILES string of the molecule is CCC1=C(C(N)=O)C(c2ccc([N+](=O)[O-])cc2)N(C(=O)NCCCN2CCC(CC(=O)OC)(c3ccccc3)CC2)C(=O)N1. The predicted octanol–water partition coefficient (Wildman–Crippen LogP) is 3.51. The van der Waals surface area contributed by atoms with Gasteiger partial charge in [0.1, 0.15) is 6.04 Å². The molecule has 1 fully saturated rings. The van der Waals surface area contributed by atoms with Crippen LogP contribution in [0.1, 0.15) is 56.2 Å². The monoisotopic (exact) mass is 606 g/mol. The van der Waals surface area contributed by atoms with Crippen molar-refractivity contribution in [3.05, 3.63) is 87.1 Å². The van der Waals surface area contributed by atoms with Crippen molar-refractivity contribution in [1.82, 2.24) is 20.4 Å². The Kier molecular flexibility index (Phi) is 10.3. The number of rotatable bonds is 11. The molecule has 2 aromatic rings. The molecule has 0 bridgehead atoms. The number of hydrogen-bond donors (Lipinski definition) is 3. The molecule has 4 N–H and O–H groups in total. The third-order valence-electron chi connectivity index (χ3n) is 8.43. The van der Waals surface area contributed by atoms with Gasteiger partial charge in [-0.3, -0.25) is 19.7 Å². The number of imide groups is 1. The van der Waals surface area contributed by atoms with Crippen molar-refractivity contribution in [1.29, 1.82) is 0 Å². The first-order valence-electron chi connectivity index (χ1n) is 14.6. The number of amides is 5. The number of methoxy groups -OCH3 is 1. The van der Waals surface area contributed by atoms with Gasteiger partial charge in [-0.2, -0.15) is 0 Å². The summed E-state index contributed by atoms with van der Waals surface area (Å²) in [4.78, 5) is 65.0. The number of carbonyl (C=O) groups excluding carboxylic acids is 4. The highest BCUT2D eigenvalue weighted by atomic mass is 16.6. The zero-order chi connectivity index (χ0) is 31.9. The number of allylic oxidation sites excluding steroid dienone is 1. The second kappa shape index (κ2) is 14.1. The predicted molar refractivity (Wildman–Crippen MR) is 161 cm³/mol. The lowest BCUT2D eigenvalue weighted by Gasteiger charge is -2.42. The smallest absolute Gasteiger partial charge is 0.330 e. The van der Waals surface area contributed by atoms with Crippen molar-refractivity contribution < 1.29 is 28.8 Å². The van der Waals surface area contributed by atoms with Crippen LogP contribution in [0, 0.1) is 10.1 Å². The highest BCUT2D eigenvalue weighted by Crippen LogP contribution is 2.39. The number of nitro benzene ring substituents is 1. The zero-order valence-electron chi connectivity index (χ0n) is 24.9. The molecule has 5 amide bonds. The van der Waals surface area contributed by atoms with E-state index in [1.807, 2.05) is 18.2 Å². The summed E-state index contributed by atoms with van der Waals surface area (Å²) in [6.07, 6.45) is 2.75. The lowest BCUT2D eigenvalue weighted by Crippen LogP contribution is -2.55. The van der Waals surface area contributed by atoms with Crippen molar-refractivity contribution in [2.45, 2.75) is 50.5 Å². The number of nitrogens with zero attached hydrogens (tertiary/aromatic N) is 3. The zero-order valence-corrected chi connectivity index (χ0v) is 24.9. The molecule has 1 saturated heterocycles. The number of nitro groups is 1. The Bertz CT molecular complexity index is 1420. The molecule has 1 unspecified atom stereocenters. The molecule has 44 heavy (non-hydrogen) atoms. The summed E-state index contributed by atoms with van der Waals surface area (Å²) >= 11 is 0. The Balaban J connectivity index is 1.40. The highest BCUT2D eigenvalue weighted by molar-refractivity contribution is 6.02. The normalized spacial score (nSPS) is 18.4. The first-order valence-corrected chi connectivity index (χ1v) is 14.6. The molecule has 2 heterocycles. The van der Waals surface area contributed by atoms with E-state index in [-0.39, 0.29) is 35.6 Å². The summed E-state index contributed by atoms with van der Waals surface area (Å²) in [6, 6.07) is 12.7. The molecular formula is C31H38N6O7. The fourth-order valence-electron chi connectivity index (χ4n) is 6.03. The maximum atomic E-state index is 13.4. The largest absolute Gasteiger partial charge is 0.469 e. The molecule has 0 spiro atoms. The molecule has 2 aliphatic rings. The second-order valence-electron chi connectivity index (χ2n) is 11.0. The van der Waals surface area contributed by atoms with Crippen molar-refractivity contribution in [2.24, 2.45) is 5.73 Å². The van der Waals surface area contributed by atoms with E-state index in [1.54, 1.807) is 6.92 Å². The number of nitrogens with one attached hydrogen (secondary N) is 2. The van der Waals surface area contributed by atoms with Gasteiger partial charge in [0, 0.05) is 29.8 Å². The van der Waals surface area contributed by atoms with E-state index in [9.17, 15) is 29.3 Å². The first-order chi connectivity index (χ1) is 21.1. The van der Waals surface area contributed by atoms with Crippen molar-refractivity contribution in [3.8, 4) is 0 Å². The third kappa shape index (κ3) is 7.05. The third-order valence-corrected chi connectivity index (χ3v) is 8.43. The summed E-state index contributed by atoms with van der Waals surface area (Å²) in [5, 5.41) is 16.5. The standard InChI is InChI=1S/C31H38N6O7/c1-3-24-26(28(32)39)27(21-10-12-23(13-11-21)37(42)43)36(30(41)34-24)29(40)33-16-7-17-35-18-14-31(15-19-35,20-25(38)44-2)22-8-5-4-6-9-22/h4-6,8-13,27H,3,7,14-20H2,1-2H3,(H2,32,39)(H,33,40)(H,34,41). The van der Waals surface area contributed by atoms with E-state index >= 15 is 0 Å². The van der Waals surface area contributed by atoms with E-state index in [0.29, 0.717) is 30.6 Å². The minimum Gasteiger partial charge on any atom is -0.469 e. The van der Waals surface area contributed by atoms with E-state index in [2.05, 4.69) is 27.7 Å². The minimum atomic E-state index is -1.15. The van der Waals surface area contributed by atoms with Crippen LogP contribution < -0.4 is 16.4 Å². The van der Waals surface area contributed by atoms with Crippen LogP contribution in [0.15, 0.2) is 65.9 Å². The van der Waals surface area contributed by atoms with Gasteiger partial charge in [0.15, 0.2) is 0 Å². The molecule has 4 rings (SSSR count). The lowest BCUT2D eigenvalue weighted by atomic mass is 9.70. The molecule has 13 heteroatoms. The van der Waals surface area contributed by atoms with Gasteiger partial charge in [-0.1, -0.05) is 37.3 Å². The summed E-state index contributed by atoms with van der Waals surface area (Å²) in [5.41, 5.74) is 7.02. The van der Waals surface area contributed by atoms with E-state index in [0.717, 1.165) is 36.4 Å². The number of ether oxygens (including phenoxy) is 1. The Morgan fingerprint density at radius 1 is 1.11 bits per heavy atom. The molecule has 13 nitrogen and oxygen atoms in total. The minimum absolute atomic E-state index is 0.0401. The van der Waals surface area contributed by atoms with Crippen LogP contribution in [0.2, 0.25) is 0 Å². The van der Waals surface area contributed by atoms with Crippen LogP contribution in [-0.4, -0.2) is 72.0 Å². The van der Waals surface area contributed by atoms with Crippen LogP contribution in [0.3, 0.4) is 0 Å². The van der Waals surface area contributed by atoms with Crippen molar-refractivity contribution >= 4 is 29.6 Å². The van der Waals surface area contributed by atoms with Crippen LogP contribution in [0.25, 0.3) is 0 Å². The van der Waals surface area contributed by atoms with Crippen LogP contribution in [0.5, 0.6) is 0 Å². The number of carbonyl (C=O) groups is 4. The molecule has 2 aliphatic heterocycles. The molecular weight excluding hydrogens is 568 g/mol. The van der Waals surface area contributed by atoms with Gasteiger partial charge in [0.25, 0.3) is 5.69 Å². The lowest BCUT2D eigenvalue weighted by molar-refractivity contribution is -0.384. The van der Waals surface area contributed by atoms with Gasteiger partial charge in [-0.25, -0.2) is 14.5 Å². The topological polar surface area (TPSA) is 177 Å². The molecule has 0 aliphatic carbocycles. The second-order valence-corrected chi connectivity index (χ2v) is 11.0. The molecule has 0 aromatic heterocycles. The molecule has 0 saturated carbocycles. The fraction of sp³-hybridized carbons (Fsp3) is 0.419.